The number of hydrogen-bond acceptors (Lipinski definition) is 4. The number of hydrogen-bond donors (Lipinski definition) is 4. The Morgan fingerprint density at radius 2 is 1.77 bits per heavy atom. The van der Waals surface area contributed by atoms with Gasteiger partial charge in [-0.25, -0.2) is 4.79 Å². The zero-order valence-corrected chi connectivity index (χ0v) is 14.4. The number of carboxylic acids is 1. The highest BCUT2D eigenvalue weighted by molar-refractivity contribution is 5.87. The first-order chi connectivity index (χ1) is 12.6. The largest absolute Gasteiger partial charge is 0.480 e. The highest BCUT2D eigenvalue weighted by Gasteiger charge is 2.27. The average molecular weight is 353 g/mol. The van der Waals surface area contributed by atoms with Crippen molar-refractivity contribution in [2.24, 2.45) is 0 Å². The van der Waals surface area contributed by atoms with E-state index in [2.05, 4.69) is 16.0 Å². The van der Waals surface area contributed by atoms with Gasteiger partial charge in [0.05, 0.1) is 6.04 Å². The van der Waals surface area contributed by atoms with Gasteiger partial charge in [0.15, 0.2) is 0 Å². The van der Waals surface area contributed by atoms with Crippen molar-refractivity contribution in [1.29, 1.82) is 0 Å². The van der Waals surface area contributed by atoms with Crippen molar-refractivity contribution in [3.05, 3.63) is 60.2 Å². The standard InChI is InChI=1S/C20H23N3O3/c24-19(17-7-4-12-21-17)23-18(20(25)26)13-14-8-10-16(11-9-14)22-15-5-2-1-3-6-15/h1-3,5-6,8-11,17-18,21-22H,4,7,12-13H2,(H,23,24)(H,25,26)/t17-,18-/m0/s1. The van der Waals surface area contributed by atoms with E-state index in [0.717, 1.165) is 36.3 Å². The third-order valence-electron chi connectivity index (χ3n) is 4.45. The van der Waals surface area contributed by atoms with Crippen molar-refractivity contribution >= 4 is 23.3 Å². The second-order valence-electron chi connectivity index (χ2n) is 6.44. The molecule has 3 rings (SSSR count). The van der Waals surface area contributed by atoms with Gasteiger partial charge in [-0.3, -0.25) is 4.79 Å². The van der Waals surface area contributed by atoms with Crippen LogP contribution in [0.25, 0.3) is 0 Å². The molecule has 2 aromatic rings. The molecule has 1 aliphatic heterocycles. The molecule has 1 fully saturated rings. The predicted molar refractivity (Wildman–Crippen MR) is 100 cm³/mol. The van der Waals surface area contributed by atoms with E-state index in [9.17, 15) is 14.7 Å². The zero-order valence-electron chi connectivity index (χ0n) is 14.4. The average Bonchev–Trinajstić information content (AvgIpc) is 3.18. The number of carboxylic acid groups (broad SMARTS) is 1. The Morgan fingerprint density at radius 1 is 1.08 bits per heavy atom. The van der Waals surface area contributed by atoms with Crippen LogP contribution < -0.4 is 16.0 Å². The molecule has 0 radical (unpaired) electrons. The lowest BCUT2D eigenvalue weighted by molar-refractivity contribution is -0.142. The third-order valence-corrected chi connectivity index (χ3v) is 4.45. The van der Waals surface area contributed by atoms with E-state index in [0.29, 0.717) is 0 Å². The molecule has 0 saturated carbocycles. The molecule has 6 heteroatoms. The molecular formula is C20H23N3O3. The van der Waals surface area contributed by atoms with Gasteiger partial charge in [0.1, 0.15) is 6.04 Å². The topological polar surface area (TPSA) is 90.5 Å². The van der Waals surface area contributed by atoms with Crippen molar-refractivity contribution in [2.75, 3.05) is 11.9 Å². The lowest BCUT2D eigenvalue weighted by Crippen LogP contribution is -2.49. The minimum Gasteiger partial charge on any atom is -0.480 e. The number of anilines is 2. The Morgan fingerprint density at radius 3 is 2.38 bits per heavy atom. The maximum absolute atomic E-state index is 12.2. The second-order valence-corrected chi connectivity index (χ2v) is 6.44. The van der Waals surface area contributed by atoms with Gasteiger partial charge in [0.2, 0.25) is 5.91 Å². The van der Waals surface area contributed by atoms with Crippen LogP contribution in [0.5, 0.6) is 0 Å². The minimum absolute atomic E-state index is 0.239. The van der Waals surface area contributed by atoms with Crippen molar-refractivity contribution in [2.45, 2.75) is 31.3 Å². The molecule has 1 heterocycles. The Labute approximate surface area is 152 Å². The molecule has 0 aliphatic carbocycles. The summed E-state index contributed by atoms with van der Waals surface area (Å²) >= 11 is 0. The first kappa shape index (κ1) is 17.9. The van der Waals surface area contributed by atoms with Gasteiger partial charge in [-0.1, -0.05) is 30.3 Å². The molecule has 1 aliphatic rings. The van der Waals surface area contributed by atoms with Crippen molar-refractivity contribution in [3.63, 3.8) is 0 Å². The summed E-state index contributed by atoms with van der Waals surface area (Å²) in [5.41, 5.74) is 2.77. The fourth-order valence-electron chi connectivity index (χ4n) is 3.03. The predicted octanol–water partition coefficient (Wildman–Crippen LogP) is 2.29. The molecule has 26 heavy (non-hydrogen) atoms. The van der Waals surface area contributed by atoms with E-state index >= 15 is 0 Å². The molecule has 0 aromatic heterocycles. The summed E-state index contributed by atoms with van der Waals surface area (Å²) in [6.07, 6.45) is 1.93. The van der Waals surface area contributed by atoms with Crippen LogP contribution in [-0.4, -0.2) is 35.6 Å². The fraction of sp³-hybridized carbons (Fsp3) is 0.300. The van der Waals surface area contributed by atoms with Gasteiger partial charge in [-0.2, -0.15) is 0 Å². The Bertz CT molecular complexity index is 741. The lowest BCUT2D eigenvalue weighted by atomic mass is 10.0. The van der Waals surface area contributed by atoms with E-state index in [4.69, 9.17) is 0 Å². The van der Waals surface area contributed by atoms with Gasteiger partial charge in [0, 0.05) is 17.8 Å². The van der Waals surface area contributed by atoms with E-state index in [1.807, 2.05) is 54.6 Å². The van der Waals surface area contributed by atoms with Gasteiger partial charge < -0.3 is 21.1 Å². The molecule has 136 valence electrons. The molecule has 1 saturated heterocycles. The third kappa shape index (κ3) is 4.83. The number of carbonyl (C=O) groups excluding carboxylic acids is 1. The molecule has 1 amide bonds. The molecule has 0 spiro atoms. The smallest absolute Gasteiger partial charge is 0.326 e. The highest BCUT2D eigenvalue weighted by atomic mass is 16.4. The van der Waals surface area contributed by atoms with Crippen LogP contribution in [0.2, 0.25) is 0 Å². The van der Waals surface area contributed by atoms with Gasteiger partial charge in [-0.05, 0) is 49.2 Å². The highest BCUT2D eigenvalue weighted by Crippen LogP contribution is 2.17. The summed E-state index contributed by atoms with van der Waals surface area (Å²) in [6, 6.07) is 16.2. The van der Waals surface area contributed by atoms with Gasteiger partial charge >= 0.3 is 5.97 Å². The van der Waals surface area contributed by atoms with E-state index in [1.54, 1.807) is 0 Å². The number of para-hydroxylation sites is 1. The van der Waals surface area contributed by atoms with Crippen LogP contribution in [0.1, 0.15) is 18.4 Å². The van der Waals surface area contributed by atoms with Crippen LogP contribution in [0.4, 0.5) is 11.4 Å². The number of benzene rings is 2. The fourth-order valence-corrected chi connectivity index (χ4v) is 3.03. The van der Waals surface area contributed by atoms with Crippen LogP contribution in [-0.2, 0) is 16.0 Å². The number of nitrogens with one attached hydrogen (secondary N) is 3. The molecule has 0 unspecified atom stereocenters. The molecule has 2 aromatic carbocycles. The molecule has 6 nitrogen and oxygen atoms in total. The number of carbonyl (C=O) groups is 2. The van der Waals surface area contributed by atoms with E-state index in [-0.39, 0.29) is 18.4 Å². The molecular weight excluding hydrogens is 330 g/mol. The van der Waals surface area contributed by atoms with Gasteiger partial charge in [-0.15, -0.1) is 0 Å². The van der Waals surface area contributed by atoms with Crippen LogP contribution in [0.15, 0.2) is 54.6 Å². The number of aliphatic carboxylic acids is 1. The summed E-state index contributed by atoms with van der Waals surface area (Å²) in [7, 11) is 0. The first-order valence-electron chi connectivity index (χ1n) is 8.79. The van der Waals surface area contributed by atoms with Gasteiger partial charge in [0.25, 0.3) is 0 Å². The second kappa shape index (κ2) is 8.49. The van der Waals surface area contributed by atoms with Crippen LogP contribution in [0.3, 0.4) is 0 Å². The molecule has 0 bridgehead atoms. The number of amides is 1. The summed E-state index contributed by atoms with van der Waals surface area (Å²) in [5, 5.41) is 18.4. The normalized spacial score (nSPS) is 17.5. The SMILES string of the molecule is O=C(O)[C@H](Cc1ccc(Nc2ccccc2)cc1)NC(=O)[C@@H]1CCCN1. The molecule has 4 N–H and O–H groups in total. The molecule has 2 atom stereocenters. The van der Waals surface area contributed by atoms with E-state index in [1.165, 1.54) is 0 Å². The zero-order chi connectivity index (χ0) is 18.4. The van der Waals surface area contributed by atoms with Crippen LogP contribution >= 0.6 is 0 Å². The maximum atomic E-state index is 12.2. The Balaban J connectivity index is 1.60. The Hall–Kier alpha value is -2.86. The summed E-state index contributed by atoms with van der Waals surface area (Å²) in [6.45, 7) is 0.797. The Kier molecular flexibility index (Phi) is 5.86. The monoisotopic (exact) mass is 353 g/mol. The quantitative estimate of drug-likeness (QED) is 0.613. The number of rotatable bonds is 7. The minimum atomic E-state index is -1.03. The maximum Gasteiger partial charge on any atom is 0.326 e. The van der Waals surface area contributed by atoms with Crippen molar-refractivity contribution < 1.29 is 14.7 Å². The van der Waals surface area contributed by atoms with Crippen LogP contribution in [0, 0.1) is 0 Å². The first-order valence-corrected chi connectivity index (χ1v) is 8.79. The van der Waals surface area contributed by atoms with Crippen molar-refractivity contribution in [1.82, 2.24) is 10.6 Å². The van der Waals surface area contributed by atoms with E-state index < -0.39 is 12.0 Å². The summed E-state index contributed by atoms with van der Waals surface area (Å²) in [4.78, 5) is 23.7. The summed E-state index contributed by atoms with van der Waals surface area (Å²) < 4.78 is 0. The lowest BCUT2D eigenvalue weighted by Gasteiger charge is -2.18. The van der Waals surface area contributed by atoms with Crippen molar-refractivity contribution in [3.8, 4) is 0 Å². The summed E-state index contributed by atoms with van der Waals surface area (Å²) in [5.74, 6) is -1.26.